The lowest BCUT2D eigenvalue weighted by Gasteiger charge is -2.11. The van der Waals surface area contributed by atoms with Gasteiger partial charge in [-0.3, -0.25) is 14.9 Å². The number of aromatic nitrogens is 2. The number of nitro benzene ring substituents is 1. The molecule has 0 unspecified atom stereocenters. The van der Waals surface area contributed by atoms with Gasteiger partial charge < -0.3 is 14.6 Å². The van der Waals surface area contributed by atoms with E-state index in [1.165, 1.54) is 38.2 Å². The maximum Gasteiger partial charge on any atom is 0.270 e. The number of imidazole rings is 1. The Morgan fingerprint density at radius 2 is 2.00 bits per heavy atom. The Morgan fingerprint density at radius 1 is 1.21 bits per heavy atom. The minimum absolute atomic E-state index is 0.104. The Kier molecular flexibility index (Phi) is 4.99. The summed E-state index contributed by atoms with van der Waals surface area (Å²) in [4.78, 5) is 27.8. The normalized spacial score (nSPS) is 12.9. The zero-order valence-electron chi connectivity index (χ0n) is 15.9. The van der Waals surface area contributed by atoms with Gasteiger partial charge in [-0.15, -0.1) is 0 Å². The molecule has 0 saturated heterocycles. The average Bonchev–Trinajstić information content (AvgIpc) is 3.18. The fourth-order valence-electron chi connectivity index (χ4n) is 3.46. The molecule has 1 aliphatic heterocycles. The number of amides is 1. The summed E-state index contributed by atoms with van der Waals surface area (Å²) in [5.74, 6) is 0.908. The Morgan fingerprint density at radius 3 is 2.69 bits per heavy atom. The van der Waals surface area contributed by atoms with Crippen molar-refractivity contribution >= 4 is 17.3 Å². The van der Waals surface area contributed by atoms with Crippen molar-refractivity contribution in [3.05, 3.63) is 70.2 Å². The van der Waals surface area contributed by atoms with Crippen molar-refractivity contribution in [3.63, 3.8) is 0 Å². The van der Waals surface area contributed by atoms with Crippen molar-refractivity contribution in [2.24, 2.45) is 0 Å². The second kappa shape index (κ2) is 7.75. The summed E-state index contributed by atoms with van der Waals surface area (Å²) in [7, 11) is 1.41. The molecule has 0 spiro atoms. The molecule has 29 heavy (non-hydrogen) atoms. The number of carbonyl (C=O) groups is 1. The Balaban J connectivity index is 1.53. The molecule has 1 N–H and O–H groups in total. The molecular weight excluding hydrogens is 372 g/mol. The quantitative estimate of drug-likeness (QED) is 0.521. The highest BCUT2D eigenvalue weighted by atomic mass is 16.6. The van der Waals surface area contributed by atoms with Crippen LogP contribution in [0.25, 0.3) is 11.3 Å². The third-order valence-corrected chi connectivity index (χ3v) is 4.99. The van der Waals surface area contributed by atoms with Crippen molar-refractivity contribution in [1.82, 2.24) is 9.55 Å². The first kappa shape index (κ1) is 18.7. The van der Waals surface area contributed by atoms with E-state index in [-0.39, 0.29) is 17.0 Å². The van der Waals surface area contributed by atoms with Crippen molar-refractivity contribution in [2.45, 2.75) is 25.8 Å². The van der Waals surface area contributed by atoms with E-state index in [4.69, 9.17) is 9.72 Å². The molecule has 0 fully saturated rings. The van der Waals surface area contributed by atoms with Gasteiger partial charge in [-0.2, -0.15) is 0 Å². The van der Waals surface area contributed by atoms with Crippen LogP contribution in [-0.4, -0.2) is 27.5 Å². The number of ether oxygens (including phenoxy) is 1. The molecule has 8 nitrogen and oxygen atoms in total. The van der Waals surface area contributed by atoms with Crippen LogP contribution in [0.1, 0.15) is 29.0 Å². The van der Waals surface area contributed by atoms with Gasteiger partial charge in [0, 0.05) is 42.5 Å². The van der Waals surface area contributed by atoms with Gasteiger partial charge >= 0.3 is 0 Å². The van der Waals surface area contributed by atoms with Crippen LogP contribution in [-0.2, 0) is 13.0 Å². The molecule has 2 heterocycles. The monoisotopic (exact) mass is 392 g/mol. The summed E-state index contributed by atoms with van der Waals surface area (Å²) < 4.78 is 7.36. The number of benzene rings is 2. The largest absolute Gasteiger partial charge is 0.496 e. The number of nitrogens with zero attached hydrogens (tertiary/aromatic N) is 3. The van der Waals surface area contributed by atoms with Crippen molar-refractivity contribution in [1.29, 1.82) is 0 Å². The van der Waals surface area contributed by atoms with Gasteiger partial charge in [0.2, 0.25) is 0 Å². The summed E-state index contributed by atoms with van der Waals surface area (Å²) in [5, 5.41) is 13.8. The number of hydrogen-bond acceptors (Lipinski definition) is 5. The van der Waals surface area contributed by atoms with Gasteiger partial charge in [-0.1, -0.05) is 12.1 Å². The molecular formula is C21H20N4O4. The van der Waals surface area contributed by atoms with Crippen molar-refractivity contribution < 1.29 is 14.5 Å². The summed E-state index contributed by atoms with van der Waals surface area (Å²) in [6.45, 7) is 1.00. The van der Waals surface area contributed by atoms with Crippen LogP contribution in [0.4, 0.5) is 11.4 Å². The molecule has 0 bridgehead atoms. The zero-order chi connectivity index (χ0) is 20.4. The van der Waals surface area contributed by atoms with Gasteiger partial charge in [0.25, 0.3) is 11.6 Å². The molecule has 0 aliphatic carbocycles. The van der Waals surface area contributed by atoms with Gasteiger partial charge in [-0.25, -0.2) is 4.98 Å². The van der Waals surface area contributed by atoms with Crippen LogP contribution in [0.5, 0.6) is 5.75 Å². The van der Waals surface area contributed by atoms with Crippen LogP contribution >= 0.6 is 0 Å². The number of hydrogen-bond donors (Lipinski definition) is 1. The first-order chi connectivity index (χ1) is 14.0. The maximum absolute atomic E-state index is 12.6. The topological polar surface area (TPSA) is 99.3 Å². The number of aryl methyl sites for hydroxylation is 2. The zero-order valence-corrected chi connectivity index (χ0v) is 15.9. The van der Waals surface area contributed by atoms with Crippen LogP contribution in [0.15, 0.2) is 48.7 Å². The standard InChI is InChI=1S/C21H20N4O4/c1-29-19-10-9-16(25(27)28)12-17(19)21(26)22-15-7-5-14(6-8-15)18-13-24-11-3-2-4-20(24)23-18/h5-10,12-13H,2-4,11H2,1H3,(H,22,26). The minimum Gasteiger partial charge on any atom is -0.496 e. The molecule has 4 rings (SSSR count). The van der Waals surface area contributed by atoms with Gasteiger partial charge in [0.05, 0.1) is 23.3 Å². The van der Waals surface area contributed by atoms with E-state index in [9.17, 15) is 14.9 Å². The summed E-state index contributed by atoms with van der Waals surface area (Å²) in [6.07, 6.45) is 5.41. The predicted octanol–water partition coefficient (Wildman–Crippen LogP) is 4.06. The minimum atomic E-state index is -0.546. The maximum atomic E-state index is 12.6. The fourth-order valence-corrected chi connectivity index (χ4v) is 3.46. The van der Waals surface area contributed by atoms with Gasteiger partial charge in [-0.05, 0) is 31.0 Å². The third-order valence-electron chi connectivity index (χ3n) is 4.99. The van der Waals surface area contributed by atoms with Crippen molar-refractivity contribution in [3.8, 4) is 17.0 Å². The molecule has 0 atom stereocenters. The van der Waals surface area contributed by atoms with Crippen LogP contribution in [0, 0.1) is 10.1 Å². The van der Waals surface area contributed by atoms with Crippen molar-refractivity contribution in [2.75, 3.05) is 12.4 Å². The lowest BCUT2D eigenvalue weighted by atomic mass is 10.1. The molecule has 0 saturated carbocycles. The Labute approximate surface area is 167 Å². The van der Waals surface area contributed by atoms with Gasteiger partial charge in [0.1, 0.15) is 11.6 Å². The number of carbonyl (C=O) groups excluding carboxylic acids is 1. The van der Waals surface area contributed by atoms with Crippen LogP contribution < -0.4 is 10.1 Å². The Bertz CT molecular complexity index is 1050. The third kappa shape index (κ3) is 3.82. The number of non-ortho nitro benzene ring substituents is 1. The first-order valence-electron chi connectivity index (χ1n) is 9.35. The second-order valence-corrected chi connectivity index (χ2v) is 6.87. The number of nitro groups is 1. The SMILES string of the molecule is COc1ccc([N+](=O)[O-])cc1C(=O)Nc1ccc(-c2cn3c(n2)CCCC3)cc1. The molecule has 1 aliphatic rings. The highest BCUT2D eigenvalue weighted by Gasteiger charge is 2.18. The molecule has 3 aromatic rings. The molecule has 0 radical (unpaired) electrons. The number of rotatable bonds is 5. The molecule has 2 aromatic carbocycles. The van der Waals surface area contributed by atoms with E-state index in [1.54, 1.807) is 12.1 Å². The van der Waals surface area contributed by atoms with E-state index >= 15 is 0 Å². The highest BCUT2D eigenvalue weighted by Crippen LogP contribution is 2.27. The number of anilines is 1. The predicted molar refractivity (Wildman–Crippen MR) is 108 cm³/mol. The number of nitrogens with one attached hydrogen (secondary N) is 1. The Hall–Kier alpha value is -3.68. The highest BCUT2D eigenvalue weighted by molar-refractivity contribution is 6.06. The van der Waals surface area contributed by atoms with Crippen LogP contribution in [0.3, 0.4) is 0 Å². The lowest BCUT2D eigenvalue weighted by molar-refractivity contribution is -0.384. The average molecular weight is 392 g/mol. The smallest absolute Gasteiger partial charge is 0.270 e. The van der Waals surface area contributed by atoms with E-state index in [1.807, 2.05) is 12.1 Å². The number of fused-ring (bicyclic) bond motifs is 1. The molecule has 1 amide bonds. The number of methoxy groups -OCH3 is 1. The van der Waals surface area contributed by atoms with E-state index in [2.05, 4.69) is 16.1 Å². The summed E-state index contributed by atoms with van der Waals surface area (Å²) in [5.41, 5.74) is 2.40. The summed E-state index contributed by atoms with van der Waals surface area (Å²) in [6, 6.07) is 11.3. The molecule has 1 aromatic heterocycles. The van der Waals surface area contributed by atoms with Gasteiger partial charge in [0.15, 0.2) is 0 Å². The van der Waals surface area contributed by atoms with E-state index in [0.717, 1.165) is 30.0 Å². The first-order valence-corrected chi connectivity index (χ1v) is 9.35. The lowest BCUT2D eigenvalue weighted by Crippen LogP contribution is -2.13. The van der Waals surface area contributed by atoms with E-state index < -0.39 is 10.8 Å². The van der Waals surface area contributed by atoms with E-state index in [0.29, 0.717) is 5.69 Å². The molecule has 8 heteroatoms. The summed E-state index contributed by atoms with van der Waals surface area (Å²) >= 11 is 0. The second-order valence-electron chi connectivity index (χ2n) is 6.87. The fraction of sp³-hybridized carbons (Fsp3) is 0.238. The van der Waals surface area contributed by atoms with Crippen LogP contribution in [0.2, 0.25) is 0 Å². The molecule has 148 valence electrons.